The van der Waals surface area contributed by atoms with Crippen LogP contribution in [0.1, 0.15) is 42.7 Å². The van der Waals surface area contributed by atoms with E-state index in [0.29, 0.717) is 17.0 Å². The number of carbonyl (C=O) groups excluding carboxylic acids is 1. The van der Waals surface area contributed by atoms with E-state index in [1.54, 1.807) is 19.2 Å². The molecule has 0 saturated heterocycles. The first-order chi connectivity index (χ1) is 13.4. The second-order valence-corrected chi connectivity index (χ2v) is 6.87. The Bertz CT molecular complexity index is 1060. The highest BCUT2D eigenvalue weighted by atomic mass is 16.5. The summed E-state index contributed by atoms with van der Waals surface area (Å²) >= 11 is 0. The molecule has 0 aliphatic carbocycles. The molecule has 0 saturated carbocycles. The number of nitrogens with one attached hydrogen (secondary N) is 2. The van der Waals surface area contributed by atoms with Gasteiger partial charge in [0.05, 0.1) is 19.3 Å². The first kappa shape index (κ1) is 19.5. The van der Waals surface area contributed by atoms with Gasteiger partial charge in [-0.25, -0.2) is 0 Å². The molecule has 1 amide bonds. The van der Waals surface area contributed by atoms with E-state index in [1.807, 2.05) is 57.2 Å². The fourth-order valence-electron chi connectivity index (χ4n) is 2.98. The normalized spacial score (nSPS) is 12.0. The molecule has 6 heteroatoms. The largest absolute Gasteiger partial charge is 0.493 e. The molecule has 6 nitrogen and oxygen atoms in total. The summed E-state index contributed by atoms with van der Waals surface area (Å²) in [5, 5.41) is 3.68. The number of carbonyl (C=O) groups is 1. The number of fused-ring (bicyclic) bond motifs is 1. The van der Waals surface area contributed by atoms with Crippen LogP contribution >= 0.6 is 0 Å². The molecule has 0 aliphatic heterocycles. The molecule has 0 spiro atoms. The second-order valence-electron chi connectivity index (χ2n) is 6.87. The van der Waals surface area contributed by atoms with Gasteiger partial charge < -0.3 is 19.8 Å². The van der Waals surface area contributed by atoms with Crippen molar-refractivity contribution in [3.63, 3.8) is 0 Å². The topological polar surface area (TPSA) is 80.4 Å². The Hall–Kier alpha value is -3.28. The van der Waals surface area contributed by atoms with Gasteiger partial charge >= 0.3 is 0 Å². The number of para-hydroxylation sites is 1. The minimum absolute atomic E-state index is 0.0245. The molecule has 0 aliphatic rings. The third-order valence-corrected chi connectivity index (χ3v) is 4.40. The molecule has 0 bridgehead atoms. The van der Waals surface area contributed by atoms with Gasteiger partial charge in [0.1, 0.15) is 5.56 Å². The predicted octanol–water partition coefficient (Wildman–Crippen LogP) is 3.81. The van der Waals surface area contributed by atoms with Gasteiger partial charge in [0.25, 0.3) is 11.5 Å². The lowest BCUT2D eigenvalue weighted by molar-refractivity contribution is 0.0938. The first-order valence-corrected chi connectivity index (χ1v) is 9.16. The second kappa shape index (κ2) is 8.17. The van der Waals surface area contributed by atoms with E-state index in [1.165, 1.54) is 0 Å². The summed E-state index contributed by atoms with van der Waals surface area (Å²) in [5.74, 6) is 0.808. The van der Waals surface area contributed by atoms with Crippen LogP contribution in [0.3, 0.4) is 0 Å². The molecule has 146 valence electrons. The number of hydrogen-bond acceptors (Lipinski definition) is 4. The minimum atomic E-state index is -0.430. The zero-order chi connectivity index (χ0) is 20.3. The van der Waals surface area contributed by atoms with E-state index in [9.17, 15) is 9.59 Å². The minimum Gasteiger partial charge on any atom is -0.493 e. The molecule has 0 radical (unpaired) electrons. The third kappa shape index (κ3) is 4.17. The van der Waals surface area contributed by atoms with Crippen LogP contribution in [0.2, 0.25) is 0 Å². The van der Waals surface area contributed by atoms with Crippen molar-refractivity contribution in [2.75, 3.05) is 7.11 Å². The summed E-state index contributed by atoms with van der Waals surface area (Å²) in [6.07, 6.45) is 0.0245. The van der Waals surface area contributed by atoms with Crippen molar-refractivity contribution in [2.24, 2.45) is 0 Å². The van der Waals surface area contributed by atoms with E-state index in [2.05, 4.69) is 10.3 Å². The van der Waals surface area contributed by atoms with Gasteiger partial charge in [-0.05, 0) is 56.0 Å². The van der Waals surface area contributed by atoms with Crippen molar-refractivity contribution in [1.29, 1.82) is 0 Å². The number of ether oxygens (including phenoxy) is 2. The molecular formula is C22H24N2O4. The number of aromatic amines is 1. The van der Waals surface area contributed by atoms with Gasteiger partial charge in [0.2, 0.25) is 0 Å². The van der Waals surface area contributed by atoms with Crippen LogP contribution in [0.15, 0.2) is 53.3 Å². The Labute approximate surface area is 163 Å². The molecule has 1 aromatic heterocycles. The highest BCUT2D eigenvalue weighted by Gasteiger charge is 2.17. The van der Waals surface area contributed by atoms with Crippen LogP contribution in [0.4, 0.5) is 0 Å². The van der Waals surface area contributed by atoms with Crippen LogP contribution in [0.5, 0.6) is 11.5 Å². The highest BCUT2D eigenvalue weighted by molar-refractivity contribution is 5.97. The summed E-state index contributed by atoms with van der Waals surface area (Å²) in [6.45, 7) is 5.74. The maximum Gasteiger partial charge on any atom is 0.261 e. The molecule has 1 unspecified atom stereocenters. The monoisotopic (exact) mass is 380 g/mol. The van der Waals surface area contributed by atoms with Gasteiger partial charge in [-0.2, -0.15) is 0 Å². The molecule has 3 rings (SSSR count). The Balaban J connectivity index is 1.83. The van der Waals surface area contributed by atoms with E-state index in [0.717, 1.165) is 10.9 Å². The number of H-pyrrole nitrogens is 1. The maximum atomic E-state index is 12.7. The Kier molecular flexibility index (Phi) is 5.68. The standard InChI is InChI=1S/C22H24N2O4/c1-13(2)28-19-10-9-15(12-20(19)27-4)14(3)23-21(25)17-11-16-7-5-6-8-18(16)24-22(17)26/h5-14H,1-4H3,(H,23,25)(H,24,26). The summed E-state index contributed by atoms with van der Waals surface area (Å²) in [7, 11) is 1.57. The molecule has 2 N–H and O–H groups in total. The maximum absolute atomic E-state index is 12.7. The van der Waals surface area contributed by atoms with Crippen LogP contribution in [-0.2, 0) is 0 Å². The number of aromatic nitrogens is 1. The van der Waals surface area contributed by atoms with E-state index >= 15 is 0 Å². The highest BCUT2D eigenvalue weighted by Crippen LogP contribution is 2.31. The Morgan fingerprint density at radius 2 is 1.79 bits per heavy atom. The van der Waals surface area contributed by atoms with Crippen LogP contribution in [0, 0.1) is 0 Å². The molecule has 1 heterocycles. The third-order valence-electron chi connectivity index (χ3n) is 4.40. The molecular weight excluding hydrogens is 356 g/mol. The van der Waals surface area contributed by atoms with E-state index in [-0.39, 0.29) is 17.7 Å². The number of pyridine rings is 1. The Morgan fingerprint density at radius 1 is 1.04 bits per heavy atom. The van der Waals surface area contributed by atoms with Crippen LogP contribution in [-0.4, -0.2) is 24.1 Å². The lowest BCUT2D eigenvalue weighted by Crippen LogP contribution is -2.31. The van der Waals surface area contributed by atoms with Crippen molar-refractivity contribution >= 4 is 16.8 Å². The average molecular weight is 380 g/mol. The lowest BCUT2D eigenvalue weighted by Gasteiger charge is -2.18. The number of methoxy groups -OCH3 is 1. The fraction of sp³-hybridized carbons (Fsp3) is 0.273. The molecule has 2 aromatic carbocycles. The molecule has 0 fully saturated rings. The van der Waals surface area contributed by atoms with Gasteiger partial charge in [0, 0.05) is 5.52 Å². The van der Waals surface area contributed by atoms with E-state index < -0.39 is 11.5 Å². The van der Waals surface area contributed by atoms with E-state index in [4.69, 9.17) is 9.47 Å². The zero-order valence-corrected chi connectivity index (χ0v) is 16.4. The van der Waals surface area contributed by atoms with Gasteiger partial charge in [-0.15, -0.1) is 0 Å². The lowest BCUT2D eigenvalue weighted by atomic mass is 10.1. The van der Waals surface area contributed by atoms with Crippen molar-refractivity contribution in [2.45, 2.75) is 32.9 Å². The fourth-order valence-corrected chi connectivity index (χ4v) is 2.98. The van der Waals surface area contributed by atoms with Crippen molar-refractivity contribution in [1.82, 2.24) is 10.3 Å². The average Bonchev–Trinajstić information content (AvgIpc) is 2.67. The van der Waals surface area contributed by atoms with Crippen molar-refractivity contribution < 1.29 is 14.3 Å². The first-order valence-electron chi connectivity index (χ1n) is 9.16. The molecule has 28 heavy (non-hydrogen) atoms. The number of amides is 1. The summed E-state index contributed by atoms with van der Waals surface area (Å²) in [4.78, 5) is 27.7. The van der Waals surface area contributed by atoms with Crippen molar-refractivity contribution in [3.8, 4) is 11.5 Å². The SMILES string of the molecule is COc1cc(C(C)NC(=O)c2cc3ccccc3[nH]c2=O)ccc1OC(C)C. The number of hydrogen-bond donors (Lipinski definition) is 2. The van der Waals surface area contributed by atoms with Crippen LogP contribution in [0.25, 0.3) is 10.9 Å². The zero-order valence-electron chi connectivity index (χ0n) is 16.4. The smallest absolute Gasteiger partial charge is 0.261 e. The number of rotatable bonds is 6. The van der Waals surface area contributed by atoms with Gasteiger partial charge in [0.15, 0.2) is 11.5 Å². The quantitative estimate of drug-likeness (QED) is 0.681. The predicted molar refractivity (Wildman–Crippen MR) is 109 cm³/mol. The van der Waals surface area contributed by atoms with Crippen LogP contribution < -0.4 is 20.3 Å². The van der Waals surface area contributed by atoms with Gasteiger partial charge in [-0.3, -0.25) is 9.59 Å². The summed E-state index contributed by atoms with van der Waals surface area (Å²) < 4.78 is 11.1. The molecule has 3 aromatic rings. The van der Waals surface area contributed by atoms with Gasteiger partial charge in [-0.1, -0.05) is 24.3 Å². The van der Waals surface area contributed by atoms with Crippen molar-refractivity contribution in [3.05, 3.63) is 70.0 Å². The molecule has 1 atom stereocenters. The number of benzene rings is 2. The summed E-state index contributed by atoms with van der Waals surface area (Å²) in [6, 6.07) is 14.1. The summed E-state index contributed by atoms with van der Waals surface area (Å²) in [5.41, 5.74) is 1.21. The Morgan fingerprint density at radius 3 is 2.50 bits per heavy atom.